The molecule has 0 atom stereocenters. The first kappa shape index (κ1) is 19.6. The normalized spacial score (nSPS) is 11.2. The van der Waals surface area contributed by atoms with Gasteiger partial charge in [0.1, 0.15) is 4.88 Å². The summed E-state index contributed by atoms with van der Waals surface area (Å²) in [6.07, 6.45) is 0. The standard InChI is InChI=1S/C17H13Cl2N3O3S2/c1-10-15(16(23)21-13-4-2-3-12(19)9-13)26-17(20-10)22-27(24,25)14-7-5-11(18)6-8-14/h2-9H,1H3,(H,20,22)(H,21,23). The Kier molecular flexibility index (Phi) is 5.71. The van der Waals surface area contributed by atoms with Gasteiger partial charge < -0.3 is 5.32 Å². The van der Waals surface area contributed by atoms with Gasteiger partial charge in [0.05, 0.1) is 10.6 Å². The van der Waals surface area contributed by atoms with Crippen molar-refractivity contribution in [3.8, 4) is 0 Å². The molecule has 0 aliphatic heterocycles. The molecule has 3 rings (SSSR count). The van der Waals surface area contributed by atoms with Crippen LogP contribution in [-0.4, -0.2) is 19.3 Å². The van der Waals surface area contributed by atoms with E-state index in [1.807, 2.05) is 0 Å². The van der Waals surface area contributed by atoms with E-state index in [1.54, 1.807) is 31.2 Å². The van der Waals surface area contributed by atoms with Crippen molar-refractivity contribution in [1.29, 1.82) is 0 Å². The highest BCUT2D eigenvalue weighted by atomic mass is 35.5. The Hall–Kier alpha value is -2.13. The number of sulfonamides is 1. The Morgan fingerprint density at radius 3 is 2.44 bits per heavy atom. The van der Waals surface area contributed by atoms with Crippen LogP contribution in [-0.2, 0) is 10.0 Å². The fourth-order valence-corrected chi connectivity index (χ4v) is 4.61. The first-order valence-electron chi connectivity index (χ1n) is 7.57. The van der Waals surface area contributed by atoms with E-state index in [-0.39, 0.29) is 10.0 Å². The molecular weight excluding hydrogens is 429 g/mol. The Labute approximate surface area is 170 Å². The number of hydrogen-bond donors (Lipinski definition) is 2. The predicted molar refractivity (Wildman–Crippen MR) is 109 cm³/mol. The van der Waals surface area contributed by atoms with Crippen molar-refractivity contribution in [2.75, 3.05) is 10.0 Å². The van der Waals surface area contributed by atoms with Gasteiger partial charge >= 0.3 is 0 Å². The van der Waals surface area contributed by atoms with E-state index >= 15 is 0 Å². The zero-order valence-corrected chi connectivity index (χ0v) is 17.0. The number of carbonyl (C=O) groups is 1. The molecule has 0 spiro atoms. The molecule has 0 unspecified atom stereocenters. The Morgan fingerprint density at radius 2 is 1.78 bits per heavy atom. The van der Waals surface area contributed by atoms with Gasteiger partial charge in [0.2, 0.25) is 0 Å². The van der Waals surface area contributed by atoms with Gasteiger partial charge in [-0.25, -0.2) is 13.4 Å². The third kappa shape index (κ3) is 4.78. The van der Waals surface area contributed by atoms with E-state index in [0.29, 0.717) is 26.3 Å². The zero-order valence-electron chi connectivity index (χ0n) is 13.9. The molecule has 2 N–H and O–H groups in total. The number of rotatable bonds is 5. The molecule has 140 valence electrons. The highest BCUT2D eigenvalue weighted by Gasteiger charge is 2.20. The van der Waals surface area contributed by atoms with Gasteiger partial charge in [0.15, 0.2) is 5.13 Å². The summed E-state index contributed by atoms with van der Waals surface area (Å²) in [5, 5.41) is 3.73. The molecule has 10 heteroatoms. The smallest absolute Gasteiger partial charge is 0.267 e. The maximum Gasteiger partial charge on any atom is 0.267 e. The van der Waals surface area contributed by atoms with Crippen molar-refractivity contribution in [2.45, 2.75) is 11.8 Å². The van der Waals surface area contributed by atoms with Crippen LogP contribution in [0.5, 0.6) is 0 Å². The van der Waals surface area contributed by atoms with Crippen LogP contribution >= 0.6 is 34.5 Å². The minimum atomic E-state index is -3.83. The highest BCUT2D eigenvalue weighted by Crippen LogP contribution is 2.27. The molecule has 2 aromatic carbocycles. The average Bonchev–Trinajstić information content (AvgIpc) is 2.95. The van der Waals surface area contributed by atoms with Crippen molar-refractivity contribution in [1.82, 2.24) is 4.98 Å². The summed E-state index contributed by atoms with van der Waals surface area (Å²) in [6.45, 7) is 1.63. The number of carbonyl (C=O) groups excluding carboxylic acids is 1. The molecule has 1 heterocycles. The lowest BCUT2D eigenvalue weighted by Crippen LogP contribution is -2.12. The van der Waals surface area contributed by atoms with E-state index in [9.17, 15) is 13.2 Å². The lowest BCUT2D eigenvalue weighted by atomic mass is 10.3. The highest BCUT2D eigenvalue weighted by molar-refractivity contribution is 7.93. The number of aryl methyl sites for hydroxylation is 1. The summed E-state index contributed by atoms with van der Waals surface area (Å²) in [5.74, 6) is -0.399. The molecule has 1 aromatic heterocycles. The van der Waals surface area contributed by atoms with Crippen molar-refractivity contribution < 1.29 is 13.2 Å². The topological polar surface area (TPSA) is 88.2 Å². The second-order valence-electron chi connectivity index (χ2n) is 5.46. The van der Waals surface area contributed by atoms with Crippen LogP contribution in [0.2, 0.25) is 10.0 Å². The van der Waals surface area contributed by atoms with E-state index < -0.39 is 15.9 Å². The largest absolute Gasteiger partial charge is 0.321 e. The van der Waals surface area contributed by atoms with Gasteiger partial charge in [-0.3, -0.25) is 9.52 Å². The van der Waals surface area contributed by atoms with Crippen molar-refractivity contribution in [2.24, 2.45) is 0 Å². The van der Waals surface area contributed by atoms with Crippen LogP contribution in [0, 0.1) is 6.92 Å². The SMILES string of the molecule is Cc1nc(NS(=O)(=O)c2ccc(Cl)cc2)sc1C(=O)Nc1cccc(Cl)c1. The zero-order chi connectivity index (χ0) is 19.6. The van der Waals surface area contributed by atoms with Crippen LogP contribution < -0.4 is 10.0 Å². The minimum Gasteiger partial charge on any atom is -0.321 e. The van der Waals surface area contributed by atoms with Crippen LogP contribution in [0.4, 0.5) is 10.8 Å². The molecule has 0 aliphatic carbocycles. The number of amides is 1. The van der Waals surface area contributed by atoms with Gasteiger partial charge in [0, 0.05) is 15.7 Å². The van der Waals surface area contributed by atoms with Gasteiger partial charge in [-0.05, 0) is 49.4 Å². The summed E-state index contributed by atoms with van der Waals surface area (Å²) in [4.78, 5) is 16.9. The van der Waals surface area contributed by atoms with Crippen molar-refractivity contribution in [3.63, 3.8) is 0 Å². The lowest BCUT2D eigenvalue weighted by Gasteiger charge is -2.05. The van der Waals surface area contributed by atoms with Gasteiger partial charge in [-0.1, -0.05) is 40.6 Å². The van der Waals surface area contributed by atoms with E-state index in [0.717, 1.165) is 11.3 Å². The monoisotopic (exact) mass is 441 g/mol. The molecule has 0 saturated carbocycles. The molecule has 6 nitrogen and oxygen atoms in total. The van der Waals surface area contributed by atoms with Gasteiger partial charge in [-0.15, -0.1) is 0 Å². The third-order valence-electron chi connectivity index (χ3n) is 3.43. The predicted octanol–water partition coefficient (Wildman–Crippen LogP) is 4.81. The fraction of sp³-hybridized carbons (Fsp3) is 0.0588. The average molecular weight is 442 g/mol. The third-order valence-corrected chi connectivity index (χ3v) is 6.47. The summed E-state index contributed by atoms with van der Waals surface area (Å²) in [5.41, 5.74) is 0.942. The first-order valence-corrected chi connectivity index (χ1v) is 10.6. The first-order chi connectivity index (χ1) is 12.7. The second-order valence-corrected chi connectivity index (χ2v) is 9.01. The second kappa shape index (κ2) is 7.85. The number of aromatic nitrogens is 1. The lowest BCUT2D eigenvalue weighted by molar-refractivity contribution is 0.103. The summed E-state index contributed by atoms with van der Waals surface area (Å²) in [7, 11) is -3.83. The van der Waals surface area contributed by atoms with Crippen LogP contribution in [0.25, 0.3) is 0 Å². The van der Waals surface area contributed by atoms with E-state index in [1.165, 1.54) is 24.3 Å². The molecule has 3 aromatic rings. The maximum absolute atomic E-state index is 12.5. The quantitative estimate of drug-likeness (QED) is 0.594. The van der Waals surface area contributed by atoms with Crippen LogP contribution in [0.15, 0.2) is 53.4 Å². The Balaban J connectivity index is 1.79. The Morgan fingerprint density at radius 1 is 1.07 bits per heavy atom. The number of anilines is 2. The number of nitrogens with one attached hydrogen (secondary N) is 2. The van der Waals surface area contributed by atoms with Crippen molar-refractivity contribution in [3.05, 3.63) is 69.1 Å². The fourth-order valence-electron chi connectivity index (χ4n) is 2.19. The van der Waals surface area contributed by atoms with Crippen molar-refractivity contribution >= 4 is 61.3 Å². The Bertz CT molecular complexity index is 1100. The summed E-state index contributed by atoms with van der Waals surface area (Å²) in [6, 6.07) is 12.4. The number of thiazole rings is 1. The molecule has 1 amide bonds. The summed E-state index contributed by atoms with van der Waals surface area (Å²) < 4.78 is 27.2. The van der Waals surface area contributed by atoms with Gasteiger partial charge in [-0.2, -0.15) is 0 Å². The molecule has 0 radical (unpaired) electrons. The molecule has 27 heavy (non-hydrogen) atoms. The number of benzene rings is 2. The van der Waals surface area contributed by atoms with E-state index in [4.69, 9.17) is 23.2 Å². The summed E-state index contributed by atoms with van der Waals surface area (Å²) >= 11 is 12.6. The number of hydrogen-bond acceptors (Lipinski definition) is 5. The molecule has 0 aliphatic rings. The van der Waals surface area contributed by atoms with Crippen LogP contribution in [0.1, 0.15) is 15.4 Å². The molecular formula is C17H13Cl2N3O3S2. The number of nitrogens with zero attached hydrogens (tertiary/aromatic N) is 1. The minimum absolute atomic E-state index is 0.0460. The van der Waals surface area contributed by atoms with Crippen LogP contribution in [0.3, 0.4) is 0 Å². The number of halogens is 2. The maximum atomic E-state index is 12.5. The molecule has 0 saturated heterocycles. The molecule has 0 fully saturated rings. The van der Waals surface area contributed by atoms with Gasteiger partial charge in [0.25, 0.3) is 15.9 Å². The van der Waals surface area contributed by atoms with E-state index in [2.05, 4.69) is 15.0 Å². The molecule has 0 bridgehead atoms.